The first-order valence-corrected chi connectivity index (χ1v) is 10.7. The second kappa shape index (κ2) is 10.7. The van der Waals surface area contributed by atoms with Crippen LogP contribution in [0.3, 0.4) is 0 Å². The first-order valence-electron chi connectivity index (χ1n) is 10.7. The Hall–Kier alpha value is -1.61. The van der Waals surface area contributed by atoms with Crippen molar-refractivity contribution in [1.29, 1.82) is 0 Å². The standard InChI is InChI=1S/C24H36O3/c1-4-5-6-7-8-9-10-11-12-13-14-21-15-17-22(18-16-21)24(26)20(3)19(2)23(25)27-24/h15-18,26H,4-14H2,1-3H3. The molecule has 2 rings (SSSR count). The average Bonchev–Trinajstić information content (AvgIpc) is 2.87. The van der Waals surface area contributed by atoms with Gasteiger partial charge in [-0.25, -0.2) is 4.79 Å². The van der Waals surface area contributed by atoms with Gasteiger partial charge in [0, 0.05) is 16.7 Å². The first-order chi connectivity index (χ1) is 13.0. The molecule has 0 radical (unpaired) electrons. The van der Waals surface area contributed by atoms with Crippen molar-refractivity contribution in [3.05, 3.63) is 46.5 Å². The van der Waals surface area contributed by atoms with Crippen molar-refractivity contribution in [3.63, 3.8) is 0 Å². The quantitative estimate of drug-likeness (QED) is 0.351. The topological polar surface area (TPSA) is 46.5 Å². The maximum absolute atomic E-state index is 11.7. The zero-order chi connectivity index (χ0) is 19.7. The van der Waals surface area contributed by atoms with E-state index in [1.165, 1.54) is 69.8 Å². The number of carbonyl (C=O) groups is 1. The lowest BCUT2D eigenvalue weighted by atomic mass is 9.95. The van der Waals surface area contributed by atoms with E-state index in [-0.39, 0.29) is 0 Å². The van der Waals surface area contributed by atoms with Gasteiger partial charge in [0.2, 0.25) is 0 Å². The molecule has 3 heteroatoms. The van der Waals surface area contributed by atoms with Crippen molar-refractivity contribution >= 4 is 5.97 Å². The predicted molar refractivity (Wildman–Crippen MR) is 110 cm³/mol. The van der Waals surface area contributed by atoms with E-state index in [0.29, 0.717) is 16.7 Å². The highest BCUT2D eigenvalue weighted by molar-refractivity contribution is 5.92. The van der Waals surface area contributed by atoms with E-state index in [4.69, 9.17) is 4.74 Å². The number of carbonyl (C=O) groups excluding carboxylic acids is 1. The number of benzene rings is 1. The minimum absolute atomic E-state index is 0.440. The molecule has 0 bridgehead atoms. The summed E-state index contributed by atoms with van der Waals surface area (Å²) in [6.07, 6.45) is 14.5. The molecule has 1 aliphatic rings. The summed E-state index contributed by atoms with van der Waals surface area (Å²) in [5, 5.41) is 10.7. The number of ether oxygens (including phenoxy) is 1. The van der Waals surface area contributed by atoms with Gasteiger partial charge in [-0.2, -0.15) is 0 Å². The largest absolute Gasteiger partial charge is 0.421 e. The molecular formula is C24H36O3. The maximum Gasteiger partial charge on any atom is 0.336 e. The molecule has 0 saturated heterocycles. The fraction of sp³-hybridized carbons (Fsp3) is 0.625. The van der Waals surface area contributed by atoms with Crippen LogP contribution in [0.15, 0.2) is 35.4 Å². The second-order valence-corrected chi connectivity index (χ2v) is 7.91. The summed E-state index contributed by atoms with van der Waals surface area (Å²) in [4.78, 5) is 11.7. The van der Waals surface area contributed by atoms with E-state index in [1.54, 1.807) is 13.8 Å². The third-order valence-corrected chi connectivity index (χ3v) is 5.78. The Balaban J connectivity index is 1.67. The zero-order valence-electron chi connectivity index (χ0n) is 17.4. The van der Waals surface area contributed by atoms with Gasteiger partial charge in [-0.05, 0) is 32.3 Å². The Bertz CT molecular complexity index is 630. The van der Waals surface area contributed by atoms with E-state index >= 15 is 0 Å². The summed E-state index contributed by atoms with van der Waals surface area (Å²) < 4.78 is 5.21. The van der Waals surface area contributed by atoms with Crippen molar-refractivity contribution in [2.45, 2.75) is 97.2 Å². The normalized spacial score (nSPS) is 19.6. The summed E-state index contributed by atoms with van der Waals surface area (Å²) in [6.45, 7) is 5.70. The van der Waals surface area contributed by atoms with Crippen molar-refractivity contribution in [1.82, 2.24) is 0 Å². The third kappa shape index (κ3) is 5.93. The van der Waals surface area contributed by atoms with Gasteiger partial charge in [0.25, 0.3) is 5.79 Å². The summed E-state index contributed by atoms with van der Waals surface area (Å²) in [5.41, 5.74) is 2.96. The van der Waals surface area contributed by atoms with Gasteiger partial charge < -0.3 is 9.84 Å². The van der Waals surface area contributed by atoms with E-state index in [9.17, 15) is 9.90 Å². The molecule has 1 aromatic rings. The molecular weight excluding hydrogens is 336 g/mol. The smallest absolute Gasteiger partial charge is 0.336 e. The lowest BCUT2D eigenvalue weighted by molar-refractivity contribution is -0.185. The van der Waals surface area contributed by atoms with Gasteiger partial charge >= 0.3 is 5.97 Å². The summed E-state index contributed by atoms with van der Waals surface area (Å²) in [5.74, 6) is -2.04. The molecule has 3 nitrogen and oxygen atoms in total. The molecule has 1 unspecified atom stereocenters. The van der Waals surface area contributed by atoms with Crippen molar-refractivity contribution in [2.24, 2.45) is 0 Å². The number of hydrogen-bond acceptors (Lipinski definition) is 3. The van der Waals surface area contributed by atoms with Crippen LogP contribution in [0, 0.1) is 0 Å². The number of aryl methyl sites for hydroxylation is 1. The van der Waals surface area contributed by atoms with Crippen LogP contribution < -0.4 is 0 Å². The van der Waals surface area contributed by atoms with Gasteiger partial charge in [0.1, 0.15) is 0 Å². The molecule has 0 spiro atoms. The average molecular weight is 373 g/mol. The molecule has 0 aromatic heterocycles. The first kappa shape index (κ1) is 21.7. The minimum atomic E-state index is -1.60. The molecule has 0 fully saturated rings. The summed E-state index contributed by atoms with van der Waals surface area (Å²) in [7, 11) is 0. The number of rotatable bonds is 12. The van der Waals surface area contributed by atoms with Crippen LogP contribution in [0.5, 0.6) is 0 Å². The minimum Gasteiger partial charge on any atom is -0.421 e. The molecule has 1 N–H and O–H groups in total. The van der Waals surface area contributed by atoms with Crippen LogP contribution in [0.4, 0.5) is 0 Å². The molecule has 0 amide bonds. The second-order valence-electron chi connectivity index (χ2n) is 7.91. The van der Waals surface area contributed by atoms with Crippen LogP contribution in [-0.2, 0) is 21.7 Å². The zero-order valence-corrected chi connectivity index (χ0v) is 17.4. The Labute approximate surface area is 164 Å². The summed E-state index contributed by atoms with van der Waals surface area (Å²) >= 11 is 0. The van der Waals surface area contributed by atoms with Crippen molar-refractivity contribution in [3.8, 4) is 0 Å². The molecule has 0 saturated carbocycles. The molecule has 1 aromatic carbocycles. The molecule has 1 heterocycles. The van der Waals surface area contributed by atoms with Gasteiger partial charge in [-0.15, -0.1) is 0 Å². The predicted octanol–water partition coefficient (Wildman–Crippen LogP) is 6.19. The SMILES string of the molecule is CCCCCCCCCCCCc1ccc(C2(O)OC(=O)C(C)=C2C)cc1. The van der Waals surface area contributed by atoms with Gasteiger partial charge in [0.15, 0.2) is 0 Å². The van der Waals surface area contributed by atoms with Gasteiger partial charge in [0.05, 0.1) is 0 Å². The summed E-state index contributed by atoms with van der Waals surface area (Å²) in [6, 6.07) is 7.83. The van der Waals surface area contributed by atoms with Gasteiger partial charge in [-0.1, -0.05) is 89.0 Å². The van der Waals surface area contributed by atoms with Crippen LogP contribution in [0.2, 0.25) is 0 Å². The van der Waals surface area contributed by atoms with E-state index < -0.39 is 11.8 Å². The fourth-order valence-electron chi connectivity index (χ4n) is 3.68. The molecule has 150 valence electrons. The Morgan fingerprint density at radius 2 is 1.37 bits per heavy atom. The highest BCUT2D eigenvalue weighted by Crippen LogP contribution is 2.38. The van der Waals surface area contributed by atoms with Crippen molar-refractivity contribution < 1.29 is 14.6 Å². The Morgan fingerprint density at radius 3 is 1.85 bits per heavy atom. The number of hydrogen-bond donors (Lipinski definition) is 1. The number of unbranched alkanes of at least 4 members (excludes halogenated alkanes) is 9. The number of aliphatic hydroxyl groups is 1. The van der Waals surface area contributed by atoms with Crippen LogP contribution in [-0.4, -0.2) is 11.1 Å². The lowest BCUT2D eigenvalue weighted by Gasteiger charge is -2.23. The molecule has 0 aliphatic carbocycles. The molecule has 1 atom stereocenters. The van der Waals surface area contributed by atoms with Gasteiger partial charge in [-0.3, -0.25) is 0 Å². The molecule has 1 aliphatic heterocycles. The Morgan fingerprint density at radius 1 is 0.852 bits per heavy atom. The Kier molecular flexibility index (Phi) is 8.56. The number of cyclic esters (lactones) is 1. The molecule has 27 heavy (non-hydrogen) atoms. The third-order valence-electron chi connectivity index (χ3n) is 5.78. The number of esters is 1. The van der Waals surface area contributed by atoms with Crippen LogP contribution in [0.25, 0.3) is 0 Å². The van der Waals surface area contributed by atoms with Crippen LogP contribution >= 0.6 is 0 Å². The van der Waals surface area contributed by atoms with E-state index in [2.05, 4.69) is 6.92 Å². The monoisotopic (exact) mass is 372 g/mol. The van der Waals surface area contributed by atoms with Crippen molar-refractivity contribution in [2.75, 3.05) is 0 Å². The highest BCUT2D eigenvalue weighted by atomic mass is 16.7. The highest BCUT2D eigenvalue weighted by Gasteiger charge is 2.43. The maximum atomic E-state index is 11.7. The van der Waals surface area contributed by atoms with E-state index in [0.717, 1.165) is 6.42 Å². The fourth-order valence-corrected chi connectivity index (χ4v) is 3.68. The van der Waals surface area contributed by atoms with E-state index in [1.807, 2.05) is 24.3 Å². The lowest BCUT2D eigenvalue weighted by Crippen LogP contribution is -2.27. The van der Waals surface area contributed by atoms with Crippen LogP contribution in [0.1, 0.15) is 96.1 Å².